The van der Waals surface area contributed by atoms with Crippen LogP contribution in [0.4, 0.5) is 10.1 Å². The Labute approximate surface area is 156 Å². The van der Waals surface area contributed by atoms with Gasteiger partial charge in [-0.2, -0.15) is 0 Å². The Kier molecular flexibility index (Phi) is 4.03. The molecule has 2 aromatic rings. The normalized spacial score (nSPS) is 22.2. The van der Waals surface area contributed by atoms with Gasteiger partial charge in [0, 0.05) is 36.8 Å². The van der Waals surface area contributed by atoms with Crippen molar-refractivity contribution in [1.82, 2.24) is 4.57 Å². The van der Waals surface area contributed by atoms with Crippen LogP contribution < -0.4 is 16.1 Å². The topological polar surface area (TPSA) is 88.6 Å². The highest BCUT2D eigenvalue weighted by molar-refractivity contribution is 5.93. The number of fused-ring (bicyclic) bond motifs is 1. The van der Waals surface area contributed by atoms with Crippen molar-refractivity contribution in [2.75, 3.05) is 18.0 Å². The number of piperidine rings is 1. The lowest BCUT2D eigenvalue weighted by atomic mass is 9.79. The smallest absolute Gasteiger partial charge is 0.341 e. The van der Waals surface area contributed by atoms with Crippen LogP contribution in [0.15, 0.2) is 23.1 Å². The lowest BCUT2D eigenvalue weighted by Crippen LogP contribution is -2.52. The summed E-state index contributed by atoms with van der Waals surface area (Å²) >= 11 is 0. The molecular formula is C20H24FN3O3. The third-order valence-electron chi connectivity index (χ3n) is 5.92. The molecule has 0 spiro atoms. The first kappa shape index (κ1) is 18.0. The van der Waals surface area contributed by atoms with Crippen LogP contribution in [0.3, 0.4) is 0 Å². The maximum absolute atomic E-state index is 14.9. The van der Waals surface area contributed by atoms with E-state index in [0.717, 1.165) is 19.3 Å². The fourth-order valence-electron chi connectivity index (χ4n) is 3.99. The highest BCUT2D eigenvalue weighted by atomic mass is 19.1. The molecule has 0 radical (unpaired) electrons. The van der Waals surface area contributed by atoms with Crippen LogP contribution in [0.2, 0.25) is 0 Å². The zero-order chi connectivity index (χ0) is 19.5. The maximum Gasteiger partial charge on any atom is 0.341 e. The van der Waals surface area contributed by atoms with Gasteiger partial charge in [0.25, 0.3) is 0 Å². The quantitative estimate of drug-likeness (QED) is 0.864. The highest BCUT2D eigenvalue weighted by Crippen LogP contribution is 2.39. The Balaban J connectivity index is 1.88. The van der Waals surface area contributed by atoms with Gasteiger partial charge in [0.15, 0.2) is 0 Å². The summed E-state index contributed by atoms with van der Waals surface area (Å²) in [5.74, 6) is -1.79. The van der Waals surface area contributed by atoms with Crippen molar-refractivity contribution in [3.05, 3.63) is 39.9 Å². The molecular weight excluding hydrogens is 349 g/mol. The molecule has 1 aromatic carbocycles. The molecule has 1 unspecified atom stereocenters. The monoisotopic (exact) mass is 373 g/mol. The first-order valence-corrected chi connectivity index (χ1v) is 9.31. The van der Waals surface area contributed by atoms with Crippen molar-refractivity contribution in [1.29, 1.82) is 0 Å². The Morgan fingerprint density at radius 1 is 1.30 bits per heavy atom. The molecule has 1 aliphatic carbocycles. The first-order chi connectivity index (χ1) is 12.7. The Hall–Kier alpha value is -2.41. The lowest BCUT2D eigenvalue weighted by molar-refractivity contribution is 0.0695. The minimum atomic E-state index is -1.28. The number of hydrogen-bond donors (Lipinski definition) is 2. The van der Waals surface area contributed by atoms with Gasteiger partial charge in [0.2, 0.25) is 5.43 Å². The highest BCUT2D eigenvalue weighted by Gasteiger charge is 2.35. The van der Waals surface area contributed by atoms with E-state index in [0.29, 0.717) is 24.3 Å². The summed E-state index contributed by atoms with van der Waals surface area (Å²) in [5, 5.41) is 9.46. The summed E-state index contributed by atoms with van der Waals surface area (Å²) in [6.07, 6.45) is 4.02. The number of anilines is 1. The number of hydrogen-bond acceptors (Lipinski definition) is 4. The zero-order valence-corrected chi connectivity index (χ0v) is 15.5. The molecule has 1 aromatic heterocycles. The number of aromatic carboxylic acids is 1. The number of nitrogens with two attached hydrogens (primary N) is 1. The van der Waals surface area contributed by atoms with Crippen molar-refractivity contribution in [2.24, 2.45) is 11.1 Å². The average Bonchev–Trinajstić information content (AvgIpc) is 3.42. The predicted octanol–water partition coefficient (Wildman–Crippen LogP) is 2.74. The van der Waals surface area contributed by atoms with E-state index in [9.17, 15) is 19.1 Å². The largest absolute Gasteiger partial charge is 0.477 e. The van der Waals surface area contributed by atoms with Gasteiger partial charge in [-0.25, -0.2) is 9.18 Å². The number of halogens is 1. The van der Waals surface area contributed by atoms with Crippen molar-refractivity contribution in [3.63, 3.8) is 0 Å². The van der Waals surface area contributed by atoms with E-state index < -0.39 is 17.2 Å². The fourth-order valence-corrected chi connectivity index (χ4v) is 3.99. The van der Waals surface area contributed by atoms with Gasteiger partial charge in [0.05, 0.1) is 11.2 Å². The molecule has 0 bridgehead atoms. The van der Waals surface area contributed by atoms with E-state index in [2.05, 4.69) is 13.8 Å². The van der Waals surface area contributed by atoms with Gasteiger partial charge in [-0.1, -0.05) is 13.8 Å². The third-order valence-corrected chi connectivity index (χ3v) is 5.92. The van der Waals surface area contributed by atoms with Crippen LogP contribution in [0.25, 0.3) is 10.9 Å². The molecule has 1 saturated heterocycles. The molecule has 3 N–H and O–H groups in total. The molecule has 6 nitrogen and oxygen atoms in total. The van der Waals surface area contributed by atoms with Crippen LogP contribution in [0.5, 0.6) is 0 Å². The maximum atomic E-state index is 14.9. The lowest BCUT2D eigenvalue weighted by Gasteiger charge is -2.43. The van der Waals surface area contributed by atoms with Crippen LogP contribution in [-0.4, -0.2) is 34.8 Å². The molecule has 2 heterocycles. The molecule has 4 rings (SSSR count). The van der Waals surface area contributed by atoms with Gasteiger partial charge < -0.3 is 20.3 Å². The van der Waals surface area contributed by atoms with Crippen LogP contribution in [0, 0.1) is 11.2 Å². The average molecular weight is 373 g/mol. The number of rotatable bonds is 3. The van der Waals surface area contributed by atoms with Gasteiger partial charge in [0.1, 0.15) is 11.4 Å². The molecule has 2 fully saturated rings. The van der Waals surface area contributed by atoms with E-state index in [1.807, 2.05) is 9.47 Å². The summed E-state index contributed by atoms with van der Waals surface area (Å²) < 4.78 is 16.8. The van der Waals surface area contributed by atoms with E-state index in [-0.39, 0.29) is 28.4 Å². The minimum absolute atomic E-state index is 0.0556. The molecule has 7 heteroatoms. The third kappa shape index (κ3) is 3.00. The van der Waals surface area contributed by atoms with Gasteiger partial charge in [-0.3, -0.25) is 4.79 Å². The zero-order valence-electron chi connectivity index (χ0n) is 15.5. The molecule has 1 aliphatic heterocycles. The summed E-state index contributed by atoms with van der Waals surface area (Å²) in [6, 6.07) is 3.11. The number of nitrogens with zero attached hydrogens (tertiary/aromatic N) is 2. The van der Waals surface area contributed by atoms with E-state index in [1.54, 1.807) is 6.07 Å². The van der Waals surface area contributed by atoms with Crippen LogP contribution in [-0.2, 0) is 0 Å². The standard InChI is InChI=1S/C20H24FN3O3/c1-20(2)10-23(6-5-17(20)22)16-8-15-12(7-14(16)21)18(25)13(19(26)27)9-24(15)11-3-4-11/h7-9,11,17H,3-6,10,22H2,1-2H3,(H,26,27). The second kappa shape index (κ2) is 6.05. The number of aromatic nitrogens is 1. The molecule has 144 valence electrons. The van der Waals surface area contributed by atoms with Crippen LogP contribution >= 0.6 is 0 Å². The number of carboxylic acid groups (broad SMARTS) is 1. The number of pyridine rings is 1. The van der Waals surface area contributed by atoms with E-state index in [1.165, 1.54) is 12.3 Å². The van der Waals surface area contributed by atoms with Crippen molar-refractivity contribution >= 4 is 22.6 Å². The molecule has 1 atom stereocenters. The summed E-state index contributed by atoms with van der Waals surface area (Å²) in [4.78, 5) is 26.0. The Morgan fingerprint density at radius 3 is 2.59 bits per heavy atom. The molecule has 2 aliphatic rings. The number of benzene rings is 1. The van der Waals surface area contributed by atoms with Crippen molar-refractivity contribution in [2.45, 2.75) is 45.2 Å². The molecule has 1 saturated carbocycles. The Morgan fingerprint density at radius 2 is 2.00 bits per heavy atom. The van der Waals surface area contributed by atoms with Gasteiger partial charge in [-0.05, 0) is 36.8 Å². The summed E-state index contributed by atoms with van der Waals surface area (Å²) in [5.41, 5.74) is 6.13. The van der Waals surface area contributed by atoms with E-state index in [4.69, 9.17) is 5.73 Å². The Bertz CT molecular complexity index is 994. The second-order valence-corrected chi connectivity index (χ2v) is 8.44. The summed E-state index contributed by atoms with van der Waals surface area (Å²) in [6.45, 7) is 5.41. The second-order valence-electron chi connectivity index (χ2n) is 8.44. The predicted molar refractivity (Wildman–Crippen MR) is 102 cm³/mol. The summed E-state index contributed by atoms with van der Waals surface area (Å²) in [7, 11) is 0. The fraction of sp³-hybridized carbons (Fsp3) is 0.500. The van der Waals surface area contributed by atoms with Crippen molar-refractivity contribution in [3.8, 4) is 0 Å². The SMILES string of the molecule is CC1(C)CN(c2cc3c(cc2F)c(=O)c(C(=O)O)cn3C2CC2)CCC1N. The molecule has 27 heavy (non-hydrogen) atoms. The van der Waals surface area contributed by atoms with Gasteiger partial charge in [-0.15, -0.1) is 0 Å². The van der Waals surface area contributed by atoms with Gasteiger partial charge >= 0.3 is 5.97 Å². The van der Waals surface area contributed by atoms with Crippen LogP contribution in [0.1, 0.15) is 49.5 Å². The van der Waals surface area contributed by atoms with Crippen molar-refractivity contribution < 1.29 is 14.3 Å². The number of carboxylic acids is 1. The molecule has 0 amide bonds. The minimum Gasteiger partial charge on any atom is -0.477 e. The van der Waals surface area contributed by atoms with E-state index >= 15 is 0 Å². The first-order valence-electron chi connectivity index (χ1n) is 9.31. The number of carbonyl (C=O) groups is 1.